The van der Waals surface area contributed by atoms with Gasteiger partial charge >= 0.3 is 0 Å². The lowest BCUT2D eigenvalue weighted by molar-refractivity contribution is -0.140. The number of imide groups is 1. The van der Waals surface area contributed by atoms with Crippen molar-refractivity contribution in [2.45, 2.75) is 13.8 Å². The predicted octanol–water partition coefficient (Wildman–Crippen LogP) is 5.99. The number of nitrogens with zero attached hydrogens (tertiary/aromatic N) is 2. The molecule has 0 atom stereocenters. The van der Waals surface area contributed by atoms with Crippen molar-refractivity contribution in [3.8, 4) is 16.7 Å². The maximum Gasteiger partial charge on any atom is 0.271 e. The smallest absolute Gasteiger partial charge is 0.271 e. The van der Waals surface area contributed by atoms with Crippen LogP contribution in [-0.4, -0.2) is 23.3 Å². The van der Waals surface area contributed by atoms with Gasteiger partial charge in [0.05, 0.1) is 9.58 Å². The van der Waals surface area contributed by atoms with Crippen LogP contribution in [0.5, 0.6) is 0 Å². The lowest BCUT2D eigenvalue weighted by atomic mass is 9.95. The number of carbonyl (C=O) groups is 2. The summed E-state index contributed by atoms with van der Waals surface area (Å²) in [5.74, 6) is -0.0847. The van der Waals surface area contributed by atoms with Crippen LogP contribution in [-0.2, 0) is 9.59 Å². The fraction of sp³-hybridized carbons (Fsp3) is 0.125. The molecule has 0 saturated heterocycles. The van der Waals surface area contributed by atoms with Crippen LogP contribution in [0.1, 0.15) is 18.7 Å². The molecule has 1 aliphatic heterocycles. The topological polar surface area (TPSA) is 74.3 Å². The summed E-state index contributed by atoms with van der Waals surface area (Å²) in [4.78, 5) is 28.1. The molecule has 3 aromatic heterocycles. The first-order valence-electron chi connectivity index (χ1n) is 9.71. The first kappa shape index (κ1) is 19.5. The van der Waals surface area contributed by atoms with Gasteiger partial charge in [-0.3, -0.25) is 14.5 Å². The highest BCUT2D eigenvalue weighted by Crippen LogP contribution is 2.39. The highest BCUT2D eigenvalue weighted by Gasteiger charge is 2.34. The molecular weight excluding hydrogens is 428 g/mol. The third-order valence-corrected chi connectivity index (χ3v) is 7.46. The second kappa shape index (κ2) is 7.34. The number of hydrogen-bond donors (Lipinski definition) is 0. The summed E-state index contributed by atoms with van der Waals surface area (Å²) in [6, 6.07) is 16.2. The molecule has 4 aromatic rings. The molecule has 0 radical (unpaired) electrons. The van der Waals surface area contributed by atoms with E-state index in [-0.39, 0.29) is 18.0 Å². The van der Waals surface area contributed by atoms with Crippen LogP contribution in [0.4, 0.5) is 0 Å². The normalized spacial score (nSPS) is 16.2. The number of furan rings is 1. The van der Waals surface area contributed by atoms with Gasteiger partial charge in [0.1, 0.15) is 23.0 Å². The van der Waals surface area contributed by atoms with Crippen LogP contribution in [0, 0.1) is 11.3 Å². The van der Waals surface area contributed by atoms with Gasteiger partial charge in [-0.05, 0) is 49.1 Å². The summed E-state index contributed by atoms with van der Waals surface area (Å²) in [6.07, 6.45) is 1.74. The molecule has 152 valence electrons. The number of carbonyl (C=O) groups excluding carboxylic acids is 2. The first-order valence-corrected chi connectivity index (χ1v) is 11.3. The van der Waals surface area contributed by atoms with E-state index < -0.39 is 5.91 Å². The molecule has 0 aliphatic carbocycles. The maximum atomic E-state index is 12.8. The van der Waals surface area contributed by atoms with Gasteiger partial charge < -0.3 is 4.42 Å². The lowest BCUT2D eigenvalue weighted by Crippen LogP contribution is -2.42. The Morgan fingerprint density at radius 2 is 1.90 bits per heavy atom. The Morgan fingerprint density at radius 3 is 2.61 bits per heavy atom. The number of rotatable bonds is 3. The summed E-state index contributed by atoms with van der Waals surface area (Å²) >= 11 is 3.20. The quantitative estimate of drug-likeness (QED) is 0.287. The van der Waals surface area contributed by atoms with Crippen molar-refractivity contribution in [3.05, 3.63) is 64.1 Å². The number of thiophene rings is 2. The molecule has 4 heterocycles. The summed E-state index contributed by atoms with van der Waals surface area (Å²) in [5, 5.41) is 10.6. The number of hydrogen-bond acceptors (Lipinski definition) is 6. The third-order valence-electron chi connectivity index (χ3n) is 5.32. The molecule has 31 heavy (non-hydrogen) atoms. The van der Waals surface area contributed by atoms with Crippen LogP contribution < -0.4 is 0 Å². The third kappa shape index (κ3) is 3.12. The number of amides is 2. The summed E-state index contributed by atoms with van der Waals surface area (Å²) in [5.41, 5.74) is 1.54. The average Bonchev–Trinajstić information content (AvgIpc) is 3.44. The Hall–Kier alpha value is -3.47. The molecule has 0 spiro atoms. The van der Waals surface area contributed by atoms with Crippen molar-refractivity contribution >= 4 is 60.9 Å². The number of benzene rings is 1. The second-order valence-corrected chi connectivity index (χ2v) is 9.36. The number of nitriles is 1. The zero-order valence-electron chi connectivity index (χ0n) is 16.8. The molecule has 0 N–H and O–H groups in total. The molecular formula is C24H16N2O3S2. The zero-order valence-corrected chi connectivity index (χ0v) is 18.4. The van der Waals surface area contributed by atoms with Gasteiger partial charge in [0.25, 0.3) is 11.8 Å². The first-order chi connectivity index (χ1) is 15.0. The Bertz CT molecular complexity index is 1430. The standard InChI is InChI=1S/C24H16N2O3S2/c1-3-26-23(27)16(13(2)17(12-25)24(26)28)9-15-10-18-22(30-15)11-19(29-18)21-8-14-6-4-5-7-20(14)31-21/h4-11H,3H2,1-2H3/b16-9-. The molecule has 0 unspecified atom stereocenters. The van der Waals surface area contributed by atoms with Crippen molar-refractivity contribution in [1.82, 2.24) is 4.90 Å². The minimum absolute atomic E-state index is 0.0139. The van der Waals surface area contributed by atoms with E-state index in [9.17, 15) is 14.9 Å². The van der Waals surface area contributed by atoms with E-state index in [2.05, 4.69) is 18.2 Å². The van der Waals surface area contributed by atoms with Gasteiger partial charge in [-0.1, -0.05) is 18.2 Å². The Labute approximate surface area is 186 Å². The monoisotopic (exact) mass is 444 g/mol. The van der Waals surface area contributed by atoms with Crippen molar-refractivity contribution < 1.29 is 14.0 Å². The molecule has 5 nitrogen and oxygen atoms in total. The van der Waals surface area contributed by atoms with E-state index in [0.717, 1.165) is 30.7 Å². The molecule has 1 aliphatic rings. The van der Waals surface area contributed by atoms with Crippen molar-refractivity contribution in [2.75, 3.05) is 6.54 Å². The molecule has 1 aromatic carbocycles. The Kier molecular flexibility index (Phi) is 4.62. The fourth-order valence-electron chi connectivity index (χ4n) is 3.71. The summed E-state index contributed by atoms with van der Waals surface area (Å²) in [6.45, 7) is 3.58. The molecule has 5 rings (SSSR count). The Morgan fingerprint density at radius 1 is 1.10 bits per heavy atom. The van der Waals surface area contributed by atoms with E-state index >= 15 is 0 Å². The van der Waals surface area contributed by atoms with Gasteiger partial charge in [-0.2, -0.15) is 5.26 Å². The van der Waals surface area contributed by atoms with Gasteiger partial charge in [0, 0.05) is 27.8 Å². The van der Waals surface area contributed by atoms with Gasteiger partial charge in [-0.25, -0.2) is 0 Å². The minimum atomic E-state index is -0.530. The highest BCUT2D eigenvalue weighted by molar-refractivity contribution is 7.22. The summed E-state index contributed by atoms with van der Waals surface area (Å²) in [7, 11) is 0. The van der Waals surface area contributed by atoms with E-state index in [4.69, 9.17) is 4.42 Å². The van der Waals surface area contributed by atoms with Crippen LogP contribution in [0.3, 0.4) is 0 Å². The van der Waals surface area contributed by atoms with E-state index in [1.165, 1.54) is 21.4 Å². The molecule has 0 fully saturated rings. The van der Waals surface area contributed by atoms with E-state index in [1.54, 1.807) is 31.3 Å². The van der Waals surface area contributed by atoms with Crippen LogP contribution >= 0.6 is 22.7 Å². The number of likely N-dealkylation sites (N-methyl/N-ethyl adjacent to an activating group) is 1. The van der Waals surface area contributed by atoms with Crippen LogP contribution in [0.15, 0.2) is 63.6 Å². The van der Waals surface area contributed by atoms with Crippen LogP contribution in [0.25, 0.3) is 37.1 Å². The van der Waals surface area contributed by atoms with Gasteiger partial charge in [0.2, 0.25) is 0 Å². The molecule has 0 saturated carbocycles. The van der Waals surface area contributed by atoms with Crippen molar-refractivity contribution in [2.24, 2.45) is 0 Å². The predicted molar refractivity (Wildman–Crippen MR) is 124 cm³/mol. The van der Waals surface area contributed by atoms with E-state index in [0.29, 0.717) is 11.1 Å². The lowest BCUT2D eigenvalue weighted by Gasteiger charge is -2.26. The van der Waals surface area contributed by atoms with E-state index in [1.807, 2.05) is 30.3 Å². The van der Waals surface area contributed by atoms with Crippen molar-refractivity contribution in [1.29, 1.82) is 5.26 Å². The zero-order chi connectivity index (χ0) is 21.7. The Balaban J connectivity index is 1.54. The maximum absolute atomic E-state index is 12.8. The fourth-order valence-corrected chi connectivity index (χ4v) is 5.69. The summed E-state index contributed by atoms with van der Waals surface area (Å²) < 4.78 is 8.28. The number of fused-ring (bicyclic) bond motifs is 2. The average molecular weight is 445 g/mol. The van der Waals surface area contributed by atoms with Gasteiger partial charge in [0.15, 0.2) is 0 Å². The largest absolute Gasteiger partial charge is 0.454 e. The van der Waals surface area contributed by atoms with Crippen molar-refractivity contribution in [3.63, 3.8) is 0 Å². The van der Waals surface area contributed by atoms with Gasteiger partial charge in [-0.15, -0.1) is 22.7 Å². The molecule has 7 heteroatoms. The minimum Gasteiger partial charge on any atom is -0.454 e. The SMILES string of the molecule is CCN1C(=O)C(C#N)=C(C)/C(=C/c2cc3oc(-c4cc5ccccc5s4)cc3s2)C1=O. The second-order valence-electron chi connectivity index (χ2n) is 7.16. The molecule has 2 amide bonds. The molecule has 0 bridgehead atoms. The van der Waals surface area contributed by atoms with Crippen LogP contribution in [0.2, 0.25) is 0 Å². The highest BCUT2D eigenvalue weighted by atomic mass is 32.1.